The Hall–Kier alpha value is -0.820. The number of nitrogens with zero attached hydrogens (tertiary/aromatic N) is 2. The summed E-state index contributed by atoms with van der Waals surface area (Å²) in [6.45, 7) is 6.77. The highest BCUT2D eigenvalue weighted by atomic mass is 32.2. The van der Waals surface area contributed by atoms with Crippen molar-refractivity contribution in [2.75, 3.05) is 31.9 Å². The molecule has 3 N–H and O–H groups in total. The van der Waals surface area contributed by atoms with Gasteiger partial charge >= 0.3 is 0 Å². The van der Waals surface area contributed by atoms with Gasteiger partial charge in [-0.05, 0) is 32.1 Å². The molecule has 1 atom stereocenters. The number of likely N-dealkylation sites (tertiary alicyclic amines) is 1. The van der Waals surface area contributed by atoms with E-state index in [4.69, 9.17) is 5.73 Å². The Morgan fingerprint density at radius 2 is 2.26 bits per heavy atom. The third-order valence-electron chi connectivity index (χ3n) is 3.29. The zero-order valence-corrected chi connectivity index (χ0v) is 12.7. The van der Waals surface area contributed by atoms with Crippen LogP contribution in [-0.2, 0) is 10.0 Å². The molecule has 0 aliphatic carbocycles. The largest absolute Gasteiger partial charge is 0.370 e. The zero-order valence-electron chi connectivity index (χ0n) is 11.9. The Morgan fingerprint density at radius 1 is 1.53 bits per heavy atom. The second kappa shape index (κ2) is 7.69. The lowest BCUT2D eigenvalue weighted by molar-refractivity contribution is 0.270. The third-order valence-corrected chi connectivity index (χ3v) is 4.70. The number of nitrogens with one attached hydrogen (secondary N) is 1. The van der Waals surface area contributed by atoms with Gasteiger partial charge in [0.15, 0.2) is 5.96 Å². The lowest BCUT2D eigenvalue weighted by Gasteiger charge is -2.31. The molecule has 0 aromatic carbocycles. The Labute approximate surface area is 116 Å². The van der Waals surface area contributed by atoms with Crippen LogP contribution >= 0.6 is 0 Å². The van der Waals surface area contributed by atoms with E-state index in [2.05, 4.69) is 21.5 Å². The fourth-order valence-electron chi connectivity index (χ4n) is 2.10. The number of rotatable bonds is 6. The molecule has 7 heteroatoms. The minimum absolute atomic E-state index is 0.115. The van der Waals surface area contributed by atoms with Crippen LogP contribution in [0, 0.1) is 5.92 Å². The Morgan fingerprint density at radius 3 is 2.89 bits per heavy atom. The van der Waals surface area contributed by atoms with Gasteiger partial charge in [0.05, 0.1) is 5.75 Å². The summed E-state index contributed by atoms with van der Waals surface area (Å²) in [4.78, 5) is 6.43. The molecule has 1 aliphatic heterocycles. The first kappa shape index (κ1) is 16.2. The first-order valence-electron chi connectivity index (χ1n) is 6.97. The molecule has 1 rings (SSSR count). The molecule has 19 heavy (non-hydrogen) atoms. The summed E-state index contributed by atoms with van der Waals surface area (Å²) in [5.74, 6) is 1.37. The van der Waals surface area contributed by atoms with Gasteiger partial charge in [0.1, 0.15) is 0 Å². The summed E-state index contributed by atoms with van der Waals surface area (Å²) in [7, 11) is -3.09. The number of aliphatic imine (C=N–C) groups is 1. The standard InChI is InChI=1S/C12H26N4O2S/c1-3-19(17,18)15-8-5-7-14-12(13)16-9-4-6-11(2)10-16/h11,15H,3-10H2,1-2H3,(H2,13,14). The van der Waals surface area contributed by atoms with Crippen molar-refractivity contribution in [2.24, 2.45) is 16.6 Å². The average Bonchev–Trinajstić information content (AvgIpc) is 2.38. The molecule has 6 nitrogen and oxygen atoms in total. The van der Waals surface area contributed by atoms with Crippen LogP contribution in [0.3, 0.4) is 0 Å². The van der Waals surface area contributed by atoms with Gasteiger partial charge in [-0.25, -0.2) is 13.1 Å². The summed E-state index contributed by atoms with van der Waals surface area (Å²) < 4.78 is 24.9. The van der Waals surface area contributed by atoms with Crippen molar-refractivity contribution in [1.29, 1.82) is 0 Å². The molecule has 0 spiro atoms. The van der Waals surface area contributed by atoms with E-state index in [-0.39, 0.29) is 5.75 Å². The van der Waals surface area contributed by atoms with Gasteiger partial charge in [-0.15, -0.1) is 0 Å². The fraction of sp³-hybridized carbons (Fsp3) is 0.917. The van der Waals surface area contributed by atoms with E-state index in [9.17, 15) is 8.42 Å². The van der Waals surface area contributed by atoms with E-state index in [1.54, 1.807) is 6.92 Å². The molecule has 1 aliphatic rings. The number of hydrogen-bond donors (Lipinski definition) is 2. The highest BCUT2D eigenvalue weighted by Crippen LogP contribution is 2.14. The van der Waals surface area contributed by atoms with Crippen LogP contribution in [0.5, 0.6) is 0 Å². The summed E-state index contributed by atoms with van der Waals surface area (Å²) in [5.41, 5.74) is 5.94. The molecule has 1 fully saturated rings. The van der Waals surface area contributed by atoms with Gasteiger partial charge in [0, 0.05) is 26.2 Å². The topological polar surface area (TPSA) is 87.8 Å². The number of sulfonamides is 1. The highest BCUT2D eigenvalue weighted by molar-refractivity contribution is 7.89. The van der Waals surface area contributed by atoms with Crippen molar-refractivity contribution >= 4 is 16.0 Å². The van der Waals surface area contributed by atoms with Crippen LogP contribution in [0.4, 0.5) is 0 Å². The van der Waals surface area contributed by atoms with Gasteiger partial charge < -0.3 is 10.6 Å². The van der Waals surface area contributed by atoms with Gasteiger partial charge in [-0.1, -0.05) is 6.92 Å². The molecule has 0 aromatic rings. The van der Waals surface area contributed by atoms with Gasteiger partial charge in [-0.3, -0.25) is 4.99 Å². The van der Waals surface area contributed by atoms with E-state index in [1.165, 1.54) is 6.42 Å². The molecule has 0 aromatic heterocycles. The lowest BCUT2D eigenvalue weighted by Crippen LogP contribution is -2.43. The molecule has 1 unspecified atom stereocenters. The summed E-state index contributed by atoms with van der Waals surface area (Å²) in [5, 5.41) is 0. The average molecular weight is 290 g/mol. The quantitative estimate of drug-likeness (QED) is 0.420. The van der Waals surface area contributed by atoms with Crippen LogP contribution in [0.15, 0.2) is 4.99 Å². The molecule has 112 valence electrons. The van der Waals surface area contributed by atoms with Crippen molar-refractivity contribution in [3.8, 4) is 0 Å². The third kappa shape index (κ3) is 6.24. The van der Waals surface area contributed by atoms with Crippen molar-refractivity contribution in [3.63, 3.8) is 0 Å². The van der Waals surface area contributed by atoms with Crippen LogP contribution in [0.2, 0.25) is 0 Å². The normalized spacial score (nSPS) is 21.7. The van der Waals surface area contributed by atoms with Crippen LogP contribution < -0.4 is 10.5 Å². The van der Waals surface area contributed by atoms with Gasteiger partial charge in [0.25, 0.3) is 0 Å². The molecular weight excluding hydrogens is 264 g/mol. The SMILES string of the molecule is CCS(=O)(=O)NCCCN=C(N)N1CCCC(C)C1. The molecule has 0 amide bonds. The Balaban J connectivity index is 2.24. The van der Waals surface area contributed by atoms with Crippen LogP contribution in [0.25, 0.3) is 0 Å². The van der Waals surface area contributed by atoms with E-state index in [1.807, 2.05) is 0 Å². The monoisotopic (exact) mass is 290 g/mol. The molecule has 1 saturated heterocycles. The lowest BCUT2D eigenvalue weighted by atomic mass is 10.0. The van der Waals surface area contributed by atoms with Crippen LogP contribution in [-0.4, -0.2) is 51.2 Å². The zero-order chi connectivity index (χ0) is 14.3. The highest BCUT2D eigenvalue weighted by Gasteiger charge is 2.17. The minimum Gasteiger partial charge on any atom is -0.370 e. The van der Waals surface area contributed by atoms with Gasteiger partial charge in [0.2, 0.25) is 10.0 Å². The Bertz CT molecular complexity index is 395. The maximum absolute atomic E-state index is 11.2. The number of piperidine rings is 1. The number of nitrogens with two attached hydrogens (primary N) is 1. The number of hydrogen-bond acceptors (Lipinski definition) is 3. The van der Waals surface area contributed by atoms with Crippen molar-refractivity contribution in [1.82, 2.24) is 9.62 Å². The van der Waals surface area contributed by atoms with E-state index < -0.39 is 10.0 Å². The summed E-state index contributed by atoms with van der Waals surface area (Å²) >= 11 is 0. The molecule has 0 radical (unpaired) electrons. The predicted octanol–water partition coefficient (Wildman–Crippen LogP) is 0.362. The second-order valence-electron chi connectivity index (χ2n) is 5.08. The molecule has 1 heterocycles. The van der Waals surface area contributed by atoms with Crippen molar-refractivity contribution in [3.05, 3.63) is 0 Å². The second-order valence-corrected chi connectivity index (χ2v) is 7.18. The molecule has 0 saturated carbocycles. The number of guanidine groups is 1. The minimum atomic E-state index is -3.09. The van der Waals surface area contributed by atoms with Crippen molar-refractivity contribution in [2.45, 2.75) is 33.1 Å². The summed E-state index contributed by atoms with van der Waals surface area (Å²) in [6, 6.07) is 0. The van der Waals surface area contributed by atoms with Crippen LogP contribution in [0.1, 0.15) is 33.1 Å². The van der Waals surface area contributed by atoms with E-state index >= 15 is 0 Å². The maximum Gasteiger partial charge on any atom is 0.211 e. The summed E-state index contributed by atoms with van der Waals surface area (Å²) in [6.07, 6.45) is 3.08. The molecule has 0 bridgehead atoms. The van der Waals surface area contributed by atoms with Crippen molar-refractivity contribution < 1.29 is 8.42 Å². The van der Waals surface area contributed by atoms with E-state index in [0.717, 1.165) is 19.5 Å². The van der Waals surface area contributed by atoms with Gasteiger partial charge in [-0.2, -0.15) is 0 Å². The first-order chi connectivity index (χ1) is 8.94. The Kier molecular flexibility index (Phi) is 6.57. The maximum atomic E-state index is 11.2. The smallest absolute Gasteiger partial charge is 0.211 e. The fourth-order valence-corrected chi connectivity index (χ4v) is 2.76. The predicted molar refractivity (Wildman–Crippen MR) is 78.5 cm³/mol. The molecular formula is C12H26N4O2S. The van der Waals surface area contributed by atoms with E-state index in [0.29, 0.717) is 31.4 Å². The first-order valence-corrected chi connectivity index (χ1v) is 8.62.